The largest absolute Gasteiger partial charge is 0.308 e. The highest BCUT2D eigenvalue weighted by molar-refractivity contribution is 7.37. The van der Waals surface area contributed by atoms with Gasteiger partial charge in [-0.1, -0.05) is 103 Å². The van der Waals surface area contributed by atoms with Crippen molar-refractivity contribution in [1.82, 2.24) is 4.57 Å². The second kappa shape index (κ2) is 8.78. The number of fused-ring (bicyclic) bond motifs is 11. The summed E-state index contributed by atoms with van der Waals surface area (Å²) < 4.78 is 8.03. The predicted octanol–water partition coefficient (Wildman–Crippen LogP) is 12.3. The summed E-state index contributed by atoms with van der Waals surface area (Å²) in [6.07, 6.45) is 0. The van der Waals surface area contributed by atoms with Gasteiger partial charge in [0.2, 0.25) is 0 Å². The molecular weight excluding hydrogens is 559 g/mol. The molecule has 200 valence electrons. The summed E-state index contributed by atoms with van der Waals surface area (Å²) in [6, 6.07) is 51.5. The van der Waals surface area contributed by atoms with Gasteiger partial charge in [0, 0.05) is 31.9 Å². The number of thiophene rings is 2. The van der Waals surface area contributed by atoms with Gasteiger partial charge in [-0.3, -0.25) is 0 Å². The molecule has 3 heteroatoms. The van der Waals surface area contributed by atoms with Crippen LogP contribution in [0.15, 0.2) is 140 Å². The molecule has 7 aromatic carbocycles. The zero-order chi connectivity index (χ0) is 28.1. The van der Waals surface area contributed by atoms with Gasteiger partial charge in [-0.25, -0.2) is 0 Å². The molecule has 3 heterocycles. The molecule has 0 aliphatic rings. The van der Waals surface area contributed by atoms with Crippen LogP contribution in [-0.4, -0.2) is 4.57 Å². The Labute approximate surface area is 255 Å². The second-order valence-corrected chi connectivity index (χ2v) is 13.4. The van der Waals surface area contributed by atoms with Gasteiger partial charge in [0.25, 0.3) is 0 Å². The van der Waals surface area contributed by atoms with Gasteiger partial charge in [-0.2, -0.15) is 0 Å². The molecule has 0 radical (unpaired) electrons. The minimum atomic E-state index is 1.20. The highest BCUT2D eigenvalue weighted by Crippen LogP contribution is 2.48. The topological polar surface area (TPSA) is 4.93 Å². The minimum Gasteiger partial charge on any atom is -0.308 e. The van der Waals surface area contributed by atoms with Gasteiger partial charge in [0.1, 0.15) is 0 Å². The number of hydrogen-bond donors (Lipinski definition) is 0. The summed E-state index contributed by atoms with van der Waals surface area (Å²) in [4.78, 5) is 0. The van der Waals surface area contributed by atoms with Gasteiger partial charge < -0.3 is 4.57 Å². The van der Waals surface area contributed by atoms with Crippen LogP contribution < -0.4 is 0 Å². The van der Waals surface area contributed by atoms with Crippen molar-refractivity contribution >= 4 is 95.6 Å². The molecule has 3 aromatic heterocycles. The summed E-state index contributed by atoms with van der Waals surface area (Å²) in [5, 5.41) is 10.4. The zero-order valence-electron chi connectivity index (χ0n) is 23.0. The van der Waals surface area contributed by atoms with E-state index in [4.69, 9.17) is 0 Å². The molecule has 10 rings (SSSR count). The van der Waals surface area contributed by atoms with Crippen molar-refractivity contribution in [2.45, 2.75) is 0 Å². The second-order valence-electron chi connectivity index (χ2n) is 11.4. The Hall–Kier alpha value is -4.96. The number of rotatable bonds is 2. The van der Waals surface area contributed by atoms with E-state index in [9.17, 15) is 0 Å². The molecule has 0 atom stereocenters. The fraction of sp³-hybridized carbons (Fsp3) is 0. The lowest BCUT2D eigenvalue weighted by Crippen LogP contribution is -1.94. The van der Waals surface area contributed by atoms with Crippen LogP contribution in [0.3, 0.4) is 0 Å². The van der Waals surface area contributed by atoms with Crippen molar-refractivity contribution in [3.05, 3.63) is 140 Å². The van der Waals surface area contributed by atoms with Crippen molar-refractivity contribution in [2.24, 2.45) is 0 Å². The third-order valence-corrected chi connectivity index (χ3v) is 11.5. The van der Waals surface area contributed by atoms with E-state index in [1.807, 2.05) is 22.7 Å². The normalized spacial score (nSPS) is 12.2. The summed E-state index contributed by atoms with van der Waals surface area (Å²) in [5.74, 6) is 0. The van der Waals surface area contributed by atoms with Gasteiger partial charge in [0.15, 0.2) is 0 Å². The van der Waals surface area contributed by atoms with E-state index in [0.717, 1.165) is 0 Å². The molecule has 0 saturated carbocycles. The number of nitrogens with zero attached hydrogens (tertiary/aromatic N) is 1. The fourth-order valence-electron chi connectivity index (χ4n) is 6.90. The van der Waals surface area contributed by atoms with E-state index < -0.39 is 0 Å². The van der Waals surface area contributed by atoms with Crippen LogP contribution in [0.5, 0.6) is 0 Å². The lowest BCUT2D eigenvalue weighted by molar-refractivity contribution is 1.19. The lowest BCUT2D eigenvalue weighted by Gasteiger charge is -2.11. The molecule has 0 bridgehead atoms. The van der Waals surface area contributed by atoms with Crippen LogP contribution in [0.1, 0.15) is 0 Å². The Morgan fingerprint density at radius 1 is 0.395 bits per heavy atom. The highest BCUT2D eigenvalue weighted by atomic mass is 32.1. The molecule has 0 N–H and O–H groups in total. The van der Waals surface area contributed by atoms with E-state index in [1.54, 1.807) is 0 Å². The quantitative estimate of drug-likeness (QED) is 0.191. The highest BCUT2D eigenvalue weighted by Gasteiger charge is 2.19. The number of hydrogen-bond acceptors (Lipinski definition) is 2. The smallest absolute Gasteiger partial charge is 0.0720 e. The van der Waals surface area contributed by atoms with Gasteiger partial charge >= 0.3 is 0 Å². The average Bonchev–Trinajstić information content (AvgIpc) is 3.72. The van der Waals surface area contributed by atoms with Crippen molar-refractivity contribution in [2.75, 3.05) is 0 Å². The van der Waals surface area contributed by atoms with Crippen LogP contribution in [0.2, 0.25) is 0 Å². The molecule has 0 spiro atoms. The Morgan fingerprint density at radius 2 is 1.02 bits per heavy atom. The number of para-hydroxylation sites is 1. The van der Waals surface area contributed by atoms with Crippen LogP contribution in [0, 0.1) is 0 Å². The molecule has 1 nitrogen and oxygen atoms in total. The monoisotopic (exact) mass is 581 g/mol. The molecule has 0 amide bonds. The van der Waals surface area contributed by atoms with E-state index >= 15 is 0 Å². The zero-order valence-corrected chi connectivity index (χ0v) is 24.7. The third kappa shape index (κ3) is 3.38. The first-order valence-corrected chi connectivity index (χ1v) is 16.2. The Balaban J connectivity index is 1.20. The first-order chi connectivity index (χ1) is 21.3. The SMILES string of the molecule is c1ccc2cc(-c3ccc4cc(-n5c6ccccc6c6ccc7c8sc9ccccc9c8sc7c65)ccc4c3)ccc2c1. The molecule has 0 saturated heterocycles. The number of aromatic nitrogens is 1. The van der Waals surface area contributed by atoms with E-state index in [-0.39, 0.29) is 0 Å². The van der Waals surface area contributed by atoms with Crippen molar-refractivity contribution in [3.63, 3.8) is 0 Å². The lowest BCUT2D eigenvalue weighted by atomic mass is 9.98. The summed E-state index contributed by atoms with van der Waals surface area (Å²) in [7, 11) is 0. The molecule has 0 aliphatic heterocycles. The van der Waals surface area contributed by atoms with Crippen LogP contribution >= 0.6 is 22.7 Å². The molecule has 43 heavy (non-hydrogen) atoms. The number of benzene rings is 7. The Kier molecular flexibility index (Phi) is 4.81. The summed E-state index contributed by atoms with van der Waals surface area (Å²) in [5.41, 5.74) is 6.25. The maximum absolute atomic E-state index is 2.49. The van der Waals surface area contributed by atoms with Crippen LogP contribution in [0.4, 0.5) is 0 Å². The molecule has 10 aromatic rings. The third-order valence-electron chi connectivity index (χ3n) is 8.95. The first kappa shape index (κ1) is 23.6. The molecule has 0 fully saturated rings. The van der Waals surface area contributed by atoms with Gasteiger partial charge in [0.05, 0.1) is 25.1 Å². The van der Waals surface area contributed by atoms with E-state index in [2.05, 4.69) is 144 Å². The standard InChI is InChI=1S/C40H23NS2/c1-2-8-25-21-26(14-13-24(25)7-1)27-15-16-29-23-30(18-17-28(29)22-27)41-35-11-5-3-9-31(35)32-19-20-34-38(37(32)41)43-39-33-10-4-6-12-36(33)42-40(34)39/h1-23H. The fourth-order valence-corrected chi connectivity index (χ4v) is 9.68. The van der Waals surface area contributed by atoms with Gasteiger partial charge in [-0.05, 0) is 69.1 Å². The van der Waals surface area contributed by atoms with E-state index in [0.29, 0.717) is 0 Å². The average molecular weight is 582 g/mol. The summed E-state index contributed by atoms with van der Waals surface area (Å²) >= 11 is 3.86. The van der Waals surface area contributed by atoms with Gasteiger partial charge in [-0.15, -0.1) is 22.7 Å². The minimum absolute atomic E-state index is 1.20. The van der Waals surface area contributed by atoms with Crippen LogP contribution in [-0.2, 0) is 0 Å². The Bertz CT molecular complexity index is 2740. The maximum Gasteiger partial charge on any atom is 0.0720 e. The molecule has 0 unspecified atom stereocenters. The van der Waals surface area contributed by atoms with E-state index in [1.165, 1.54) is 89.7 Å². The summed E-state index contributed by atoms with van der Waals surface area (Å²) in [6.45, 7) is 0. The first-order valence-electron chi connectivity index (χ1n) is 14.6. The van der Waals surface area contributed by atoms with Crippen molar-refractivity contribution in [3.8, 4) is 16.8 Å². The Morgan fingerprint density at radius 3 is 1.91 bits per heavy atom. The maximum atomic E-state index is 2.49. The predicted molar refractivity (Wildman–Crippen MR) is 190 cm³/mol. The van der Waals surface area contributed by atoms with Crippen LogP contribution in [0.25, 0.3) is 89.7 Å². The van der Waals surface area contributed by atoms with Crippen molar-refractivity contribution in [1.29, 1.82) is 0 Å². The molecule has 0 aliphatic carbocycles. The molecular formula is C40H23NS2. The van der Waals surface area contributed by atoms with Crippen molar-refractivity contribution < 1.29 is 0 Å².